The highest BCUT2D eigenvalue weighted by molar-refractivity contribution is 6.10. The molecule has 0 aliphatic carbocycles. The third-order valence-electron chi connectivity index (χ3n) is 4.31. The topological polar surface area (TPSA) is 42.0 Å². The van der Waals surface area contributed by atoms with Crippen LogP contribution in [0.3, 0.4) is 0 Å². The van der Waals surface area contributed by atoms with Crippen molar-refractivity contribution in [2.75, 3.05) is 5.32 Å². The lowest BCUT2D eigenvalue weighted by atomic mass is 9.97. The Morgan fingerprint density at radius 1 is 1.04 bits per heavy atom. The third-order valence-corrected chi connectivity index (χ3v) is 4.31. The van der Waals surface area contributed by atoms with Crippen molar-refractivity contribution in [1.29, 1.82) is 0 Å². The second-order valence-electron chi connectivity index (χ2n) is 7.78. The molecule has 136 valence electrons. The minimum atomic E-state index is -0.121. The van der Waals surface area contributed by atoms with Crippen molar-refractivity contribution in [2.24, 2.45) is 5.41 Å². The minimum absolute atomic E-state index is 0.0503. The lowest BCUT2D eigenvalue weighted by molar-refractivity contribution is 0.102. The predicted molar refractivity (Wildman–Crippen MR) is 112 cm³/mol. The van der Waals surface area contributed by atoms with Crippen LogP contribution < -0.4 is 5.32 Å². The summed E-state index contributed by atoms with van der Waals surface area (Å²) < 4.78 is 0. The molecule has 0 saturated heterocycles. The van der Waals surface area contributed by atoms with E-state index in [0.717, 1.165) is 33.3 Å². The number of nitrogens with zero attached hydrogens (tertiary/aromatic N) is 1. The second kappa shape index (κ2) is 7.25. The number of nitrogens with one attached hydrogen (secondary N) is 1. The van der Waals surface area contributed by atoms with Gasteiger partial charge in [-0.15, -0.1) is 0 Å². The van der Waals surface area contributed by atoms with Crippen LogP contribution in [0, 0.1) is 31.1 Å². The molecule has 27 heavy (non-hydrogen) atoms. The summed E-state index contributed by atoms with van der Waals surface area (Å²) in [4.78, 5) is 17.1. The van der Waals surface area contributed by atoms with Crippen LogP contribution in [-0.2, 0) is 0 Å². The number of aromatic nitrogens is 1. The first kappa shape index (κ1) is 18.7. The van der Waals surface area contributed by atoms with E-state index in [4.69, 9.17) is 0 Å². The highest BCUT2D eigenvalue weighted by Crippen LogP contribution is 2.25. The maximum absolute atomic E-state index is 12.8. The third kappa shape index (κ3) is 4.35. The van der Waals surface area contributed by atoms with E-state index >= 15 is 0 Å². The van der Waals surface area contributed by atoms with Crippen LogP contribution in [0.15, 0.2) is 48.7 Å². The van der Waals surface area contributed by atoms with Crippen molar-refractivity contribution in [2.45, 2.75) is 34.6 Å². The summed E-state index contributed by atoms with van der Waals surface area (Å²) in [7, 11) is 0. The Balaban J connectivity index is 1.89. The maximum Gasteiger partial charge on any atom is 0.255 e. The van der Waals surface area contributed by atoms with Gasteiger partial charge in [0.2, 0.25) is 0 Å². The second-order valence-corrected chi connectivity index (χ2v) is 7.78. The molecule has 1 N–H and O–H groups in total. The molecule has 0 aliphatic rings. The normalized spacial score (nSPS) is 11.0. The summed E-state index contributed by atoms with van der Waals surface area (Å²) in [5, 5.41) is 5.07. The molecule has 3 aromatic rings. The number of amides is 1. The van der Waals surface area contributed by atoms with Crippen LogP contribution in [0.1, 0.15) is 48.0 Å². The van der Waals surface area contributed by atoms with Gasteiger partial charge in [-0.1, -0.05) is 24.0 Å². The first-order valence-electron chi connectivity index (χ1n) is 9.04. The van der Waals surface area contributed by atoms with Gasteiger partial charge in [0, 0.05) is 44.9 Å². The molecule has 0 fully saturated rings. The molecular formula is C24H24N2O. The van der Waals surface area contributed by atoms with Gasteiger partial charge in [-0.2, -0.15) is 0 Å². The summed E-state index contributed by atoms with van der Waals surface area (Å²) >= 11 is 0. The molecule has 3 rings (SSSR count). The van der Waals surface area contributed by atoms with Gasteiger partial charge >= 0.3 is 0 Å². The Kier molecular flexibility index (Phi) is 5.01. The highest BCUT2D eigenvalue weighted by Gasteiger charge is 2.12. The number of anilines is 1. The van der Waals surface area contributed by atoms with E-state index in [1.807, 2.05) is 56.3 Å². The van der Waals surface area contributed by atoms with Crippen molar-refractivity contribution < 1.29 is 4.79 Å². The number of fused-ring (bicyclic) bond motifs is 1. The van der Waals surface area contributed by atoms with Gasteiger partial charge in [-0.05, 0) is 70.5 Å². The van der Waals surface area contributed by atoms with Gasteiger partial charge < -0.3 is 5.32 Å². The fourth-order valence-corrected chi connectivity index (χ4v) is 2.91. The fraction of sp³-hybridized carbons (Fsp3) is 0.250. The Morgan fingerprint density at radius 2 is 1.81 bits per heavy atom. The zero-order valence-corrected chi connectivity index (χ0v) is 16.5. The van der Waals surface area contributed by atoms with E-state index in [2.05, 4.69) is 42.9 Å². The molecule has 0 saturated carbocycles. The van der Waals surface area contributed by atoms with Crippen LogP contribution >= 0.6 is 0 Å². The van der Waals surface area contributed by atoms with Gasteiger partial charge in [0.1, 0.15) is 0 Å². The molecule has 1 amide bonds. The summed E-state index contributed by atoms with van der Waals surface area (Å²) in [6, 6.07) is 13.5. The van der Waals surface area contributed by atoms with Gasteiger partial charge in [0.25, 0.3) is 5.91 Å². The number of benzene rings is 2. The summed E-state index contributed by atoms with van der Waals surface area (Å²) in [5.41, 5.74) is 4.17. The van der Waals surface area contributed by atoms with E-state index < -0.39 is 0 Å². The van der Waals surface area contributed by atoms with Crippen molar-refractivity contribution in [1.82, 2.24) is 4.98 Å². The van der Waals surface area contributed by atoms with Crippen molar-refractivity contribution in [3.8, 4) is 11.8 Å². The van der Waals surface area contributed by atoms with Gasteiger partial charge in [0.15, 0.2) is 0 Å². The fourth-order valence-electron chi connectivity index (χ4n) is 2.91. The first-order valence-corrected chi connectivity index (χ1v) is 9.04. The number of rotatable bonds is 2. The summed E-state index contributed by atoms with van der Waals surface area (Å²) in [6.07, 6.45) is 1.77. The van der Waals surface area contributed by atoms with E-state index in [-0.39, 0.29) is 11.3 Å². The molecule has 0 aliphatic heterocycles. The summed E-state index contributed by atoms with van der Waals surface area (Å²) in [5.74, 6) is 6.29. The zero-order valence-electron chi connectivity index (χ0n) is 16.5. The number of aryl methyl sites for hydroxylation is 2. The molecule has 0 atom stereocenters. The Hall–Kier alpha value is -3.12. The number of carbonyl (C=O) groups is 1. The zero-order chi connectivity index (χ0) is 19.6. The van der Waals surface area contributed by atoms with E-state index in [9.17, 15) is 4.79 Å². The molecule has 3 heteroatoms. The SMILES string of the molecule is Cc1cc(C#CC(C)(C)C)ccc1C(=O)Nc1cccc2c(C)nccc12. The lowest BCUT2D eigenvalue weighted by Gasteiger charge is -2.11. The molecule has 3 nitrogen and oxygen atoms in total. The van der Waals surface area contributed by atoms with Gasteiger partial charge in [-0.25, -0.2) is 0 Å². The smallest absolute Gasteiger partial charge is 0.255 e. The number of carbonyl (C=O) groups excluding carboxylic acids is 1. The van der Waals surface area contributed by atoms with E-state index in [1.165, 1.54) is 0 Å². The summed E-state index contributed by atoms with van der Waals surface area (Å²) in [6.45, 7) is 10.1. The molecule has 1 heterocycles. The number of hydrogen-bond donors (Lipinski definition) is 1. The Labute approximate surface area is 160 Å². The Morgan fingerprint density at radius 3 is 2.52 bits per heavy atom. The van der Waals surface area contributed by atoms with Crippen LogP contribution in [0.4, 0.5) is 5.69 Å². The van der Waals surface area contributed by atoms with Crippen LogP contribution in [0.25, 0.3) is 10.8 Å². The van der Waals surface area contributed by atoms with Crippen molar-refractivity contribution in [3.63, 3.8) is 0 Å². The highest BCUT2D eigenvalue weighted by atomic mass is 16.1. The molecule has 0 bridgehead atoms. The predicted octanol–water partition coefficient (Wildman–Crippen LogP) is 5.50. The lowest BCUT2D eigenvalue weighted by Crippen LogP contribution is -2.13. The van der Waals surface area contributed by atoms with Gasteiger partial charge in [0.05, 0.1) is 0 Å². The van der Waals surface area contributed by atoms with Crippen LogP contribution in [-0.4, -0.2) is 10.9 Å². The largest absolute Gasteiger partial charge is 0.321 e. The van der Waals surface area contributed by atoms with Crippen molar-refractivity contribution >= 4 is 22.4 Å². The minimum Gasteiger partial charge on any atom is -0.321 e. The van der Waals surface area contributed by atoms with Crippen molar-refractivity contribution in [3.05, 3.63) is 71.0 Å². The molecule has 0 spiro atoms. The van der Waals surface area contributed by atoms with Crippen LogP contribution in [0.2, 0.25) is 0 Å². The molecular weight excluding hydrogens is 332 g/mol. The van der Waals surface area contributed by atoms with Gasteiger partial charge in [-0.3, -0.25) is 9.78 Å². The number of hydrogen-bond acceptors (Lipinski definition) is 2. The molecule has 1 aromatic heterocycles. The maximum atomic E-state index is 12.8. The molecule has 2 aromatic carbocycles. The molecule has 0 unspecified atom stereocenters. The van der Waals surface area contributed by atoms with E-state index in [1.54, 1.807) is 6.20 Å². The first-order chi connectivity index (χ1) is 12.7. The monoisotopic (exact) mass is 356 g/mol. The van der Waals surface area contributed by atoms with Crippen LogP contribution in [0.5, 0.6) is 0 Å². The quantitative estimate of drug-likeness (QED) is 0.616. The molecule has 0 radical (unpaired) electrons. The average Bonchev–Trinajstić information content (AvgIpc) is 2.60. The number of pyridine rings is 1. The standard InChI is InChI=1S/C24H24N2O/c1-16-15-18(11-13-24(3,4)5)9-10-19(16)23(27)26-22-8-6-7-20-17(2)25-14-12-21(20)22/h6-10,12,14-15H,1-5H3,(H,26,27). The Bertz CT molecular complexity index is 1080. The van der Waals surface area contributed by atoms with E-state index in [0.29, 0.717) is 5.56 Å². The average molecular weight is 356 g/mol.